The second kappa shape index (κ2) is 3.97. The molecule has 0 radical (unpaired) electrons. The first-order valence-electron chi connectivity index (χ1n) is 5.88. The fourth-order valence-corrected chi connectivity index (χ4v) is 1.61. The van der Waals surface area contributed by atoms with Crippen molar-refractivity contribution in [3.63, 3.8) is 0 Å². The average Bonchev–Trinajstić information content (AvgIpc) is 2.95. The van der Waals surface area contributed by atoms with Gasteiger partial charge in [-0.15, -0.1) is 0 Å². The van der Waals surface area contributed by atoms with Crippen molar-refractivity contribution >= 4 is 0 Å². The molecule has 0 saturated heterocycles. The molecule has 1 saturated carbocycles. The minimum Gasteiger partial charge on any atom is -0.330 e. The van der Waals surface area contributed by atoms with Gasteiger partial charge in [0.15, 0.2) is 0 Å². The molecule has 0 aliphatic heterocycles. The molecule has 1 heterocycles. The summed E-state index contributed by atoms with van der Waals surface area (Å²) >= 11 is 0. The Morgan fingerprint density at radius 3 is 2.87 bits per heavy atom. The number of aromatic nitrogens is 2. The molecule has 3 nitrogen and oxygen atoms in total. The topological polar surface area (TPSA) is 29.9 Å². The van der Waals surface area contributed by atoms with Gasteiger partial charge in [-0.05, 0) is 33.1 Å². The van der Waals surface area contributed by atoms with E-state index < -0.39 is 0 Å². The summed E-state index contributed by atoms with van der Waals surface area (Å²) in [6.07, 6.45) is 7.73. The van der Waals surface area contributed by atoms with Crippen molar-refractivity contribution in [2.45, 2.75) is 58.2 Å². The molecule has 1 aromatic rings. The minimum atomic E-state index is 0.221. The zero-order chi connectivity index (χ0) is 10.9. The molecule has 0 aromatic carbocycles. The third-order valence-corrected chi connectivity index (χ3v) is 3.32. The Hall–Kier alpha value is -0.830. The van der Waals surface area contributed by atoms with Gasteiger partial charge in [0.25, 0.3) is 0 Å². The molecule has 1 fully saturated rings. The average molecular weight is 207 g/mol. The zero-order valence-electron chi connectivity index (χ0n) is 9.95. The van der Waals surface area contributed by atoms with Crippen molar-refractivity contribution in [2.24, 2.45) is 0 Å². The Kier molecular flexibility index (Phi) is 2.83. The molecule has 2 rings (SSSR count). The van der Waals surface area contributed by atoms with Crippen LogP contribution in [0, 0.1) is 0 Å². The molecule has 0 unspecified atom stereocenters. The number of nitrogens with one attached hydrogen (secondary N) is 1. The first kappa shape index (κ1) is 10.7. The van der Waals surface area contributed by atoms with Crippen molar-refractivity contribution in [3.8, 4) is 0 Å². The maximum atomic E-state index is 4.23. The number of nitrogens with zero attached hydrogens (tertiary/aromatic N) is 2. The number of rotatable bonds is 5. The lowest BCUT2D eigenvalue weighted by molar-refractivity contribution is 0.369. The van der Waals surface area contributed by atoms with Crippen LogP contribution in [-0.2, 0) is 6.54 Å². The van der Waals surface area contributed by atoms with E-state index in [4.69, 9.17) is 0 Å². The molecule has 0 bridgehead atoms. The third-order valence-electron chi connectivity index (χ3n) is 3.32. The van der Waals surface area contributed by atoms with Gasteiger partial charge in [0.2, 0.25) is 0 Å². The van der Waals surface area contributed by atoms with Gasteiger partial charge in [-0.3, -0.25) is 0 Å². The predicted octanol–water partition coefficient (Wildman–Crippen LogP) is 2.50. The van der Waals surface area contributed by atoms with Crippen molar-refractivity contribution in [1.29, 1.82) is 0 Å². The second-order valence-corrected chi connectivity index (χ2v) is 5.11. The van der Waals surface area contributed by atoms with Crippen molar-refractivity contribution < 1.29 is 0 Å². The highest BCUT2D eigenvalue weighted by Crippen LogP contribution is 2.35. The molecule has 1 aliphatic rings. The van der Waals surface area contributed by atoms with Crippen molar-refractivity contribution in [1.82, 2.24) is 14.9 Å². The van der Waals surface area contributed by atoms with Crippen LogP contribution in [0.5, 0.6) is 0 Å². The standard InChI is InChI=1S/C12H21N3/c1-4-12(2,3)14-8-11-7-13-9-15(11)10-5-6-10/h7,9-10,14H,4-6,8H2,1-3H3. The van der Waals surface area contributed by atoms with Crippen LogP contribution in [0.25, 0.3) is 0 Å². The molecular weight excluding hydrogens is 186 g/mol. The highest BCUT2D eigenvalue weighted by Gasteiger charge is 2.25. The van der Waals surface area contributed by atoms with Crippen LogP contribution < -0.4 is 5.32 Å². The zero-order valence-corrected chi connectivity index (χ0v) is 9.95. The summed E-state index contributed by atoms with van der Waals surface area (Å²) < 4.78 is 2.32. The van der Waals surface area contributed by atoms with E-state index in [1.165, 1.54) is 18.5 Å². The summed E-state index contributed by atoms with van der Waals surface area (Å²) in [6.45, 7) is 7.62. The molecule has 0 spiro atoms. The van der Waals surface area contributed by atoms with Gasteiger partial charge < -0.3 is 9.88 Å². The molecule has 0 atom stereocenters. The van der Waals surface area contributed by atoms with E-state index in [2.05, 4.69) is 35.6 Å². The normalized spacial score (nSPS) is 17.0. The van der Waals surface area contributed by atoms with Crippen LogP contribution in [0.3, 0.4) is 0 Å². The van der Waals surface area contributed by atoms with E-state index in [1.807, 2.05) is 12.5 Å². The molecule has 0 amide bonds. The Balaban J connectivity index is 1.95. The second-order valence-electron chi connectivity index (χ2n) is 5.11. The lowest BCUT2D eigenvalue weighted by atomic mass is 10.0. The minimum absolute atomic E-state index is 0.221. The first-order chi connectivity index (χ1) is 7.12. The molecule has 84 valence electrons. The Morgan fingerprint density at radius 2 is 2.27 bits per heavy atom. The van der Waals surface area contributed by atoms with E-state index >= 15 is 0 Å². The lowest BCUT2D eigenvalue weighted by Gasteiger charge is -2.24. The number of imidazole rings is 1. The maximum Gasteiger partial charge on any atom is 0.0951 e. The van der Waals surface area contributed by atoms with Crippen LogP contribution in [-0.4, -0.2) is 15.1 Å². The summed E-state index contributed by atoms with van der Waals surface area (Å²) in [5.41, 5.74) is 1.54. The van der Waals surface area contributed by atoms with Crippen molar-refractivity contribution in [3.05, 3.63) is 18.2 Å². The van der Waals surface area contributed by atoms with Crippen LogP contribution >= 0.6 is 0 Å². The van der Waals surface area contributed by atoms with Crippen LogP contribution in [0.4, 0.5) is 0 Å². The first-order valence-corrected chi connectivity index (χ1v) is 5.88. The van der Waals surface area contributed by atoms with Gasteiger partial charge in [-0.2, -0.15) is 0 Å². The summed E-state index contributed by atoms with van der Waals surface area (Å²) in [7, 11) is 0. The molecule has 15 heavy (non-hydrogen) atoms. The monoisotopic (exact) mass is 207 g/mol. The van der Waals surface area contributed by atoms with E-state index in [-0.39, 0.29) is 5.54 Å². The third kappa shape index (κ3) is 2.59. The predicted molar refractivity (Wildman–Crippen MR) is 61.7 cm³/mol. The quantitative estimate of drug-likeness (QED) is 0.804. The molecule has 1 aromatic heterocycles. The van der Waals surface area contributed by atoms with Gasteiger partial charge in [0.1, 0.15) is 0 Å². The van der Waals surface area contributed by atoms with Gasteiger partial charge in [0, 0.05) is 24.3 Å². The smallest absolute Gasteiger partial charge is 0.0951 e. The van der Waals surface area contributed by atoms with Gasteiger partial charge in [-0.25, -0.2) is 4.98 Å². The van der Waals surface area contributed by atoms with Crippen LogP contribution in [0.2, 0.25) is 0 Å². The number of hydrogen-bond acceptors (Lipinski definition) is 2. The maximum absolute atomic E-state index is 4.23. The van der Waals surface area contributed by atoms with Crippen LogP contribution in [0.1, 0.15) is 51.8 Å². The molecule has 1 N–H and O–H groups in total. The summed E-state index contributed by atoms with van der Waals surface area (Å²) in [6, 6.07) is 0.731. The Bertz CT molecular complexity index is 323. The summed E-state index contributed by atoms with van der Waals surface area (Å²) in [5, 5.41) is 3.57. The molecule has 3 heteroatoms. The summed E-state index contributed by atoms with van der Waals surface area (Å²) in [4.78, 5) is 4.23. The van der Waals surface area contributed by atoms with E-state index in [9.17, 15) is 0 Å². The van der Waals surface area contributed by atoms with Gasteiger partial charge in [-0.1, -0.05) is 6.92 Å². The Morgan fingerprint density at radius 1 is 1.53 bits per heavy atom. The van der Waals surface area contributed by atoms with E-state index in [1.54, 1.807) is 0 Å². The van der Waals surface area contributed by atoms with Crippen LogP contribution in [0.15, 0.2) is 12.5 Å². The summed E-state index contributed by atoms with van der Waals surface area (Å²) in [5.74, 6) is 0. The van der Waals surface area contributed by atoms with Gasteiger partial charge >= 0.3 is 0 Å². The van der Waals surface area contributed by atoms with E-state index in [0.29, 0.717) is 0 Å². The molecule has 1 aliphatic carbocycles. The van der Waals surface area contributed by atoms with E-state index in [0.717, 1.165) is 19.0 Å². The lowest BCUT2D eigenvalue weighted by Crippen LogP contribution is -2.38. The SMILES string of the molecule is CCC(C)(C)NCc1cncn1C1CC1. The van der Waals surface area contributed by atoms with Crippen molar-refractivity contribution in [2.75, 3.05) is 0 Å². The highest BCUT2D eigenvalue weighted by atomic mass is 15.1. The fraction of sp³-hybridized carbons (Fsp3) is 0.750. The van der Waals surface area contributed by atoms with Gasteiger partial charge in [0.05, 0.1) is 12.0 Å². The highest BCUT2D eigenvalue weighted by molar-refractivity contribution is 5.03. The Labute approximate surface area is 91.9 Å². The fourth-order valence-electron chi connectivity index (χ4n) is 1.61. The largest absolute Gasteiger partial charge is 0.330 e. The number of hydrogen-bond donors (Lipinski definition) is 1. The molecular formula is C12H21N3.